The zero-order chi connectivity index (χ0) is 17.5. The first kappa shape index (κ1) is 17.5. The monoisotopic (exact) mass is 330 g/mol. The van der Waals surface area contributed by atoms with Gasteiger partial charge in [-0.3, -0.25) is 9.59 Å². The van der Waals surface area contributed by atoms with Crippen molar-refractivity contribution in [3.8, 4) is 5.75 Å². The molecule has 24 heavy (non-hydrogen) atoms. The van der Waals surface area contributed by atoms with Crippen LogP contribution in [0.25, 0.3) is 0 Å². The Balaban J connectivity index is 2.07. The number of nitrogens with zero attached hydrogens (tertiary/aromatic N) is 1. The van der Waals surface area contributed by atoms with E-state index in [1.165, 1.54) is 30.0 Å². The lowest BCUT2D eigenvalue weighted by Gasteiger charge is -2.21. The molecular weight excluding hydrogens is 311 g/mol. The number of carbonyl (C=O) groups excluding carboxylic acids is 2. The lowest BCUT2D eigenvalue weighted by molar-refractivity contribution is -0.120. The molecule has 0 saturated carbocycles. The Morgan fingerprint density at radius 3 is 2.46 bits per heavy atom. The number of nitrogens with one attached hydrogen (secondary N) is 1. The van der Waals surface area contributed by atoms with E-state index in [4.69, 9.17) is 4.74 Å². The Hall–Kier alpha value is -2.89. The molecule has 126 valence electrons. The van der Waals surface area contributed by atoms with Crippen LogP contribution in [-0.4, -0.2) is 25.0 Å². The van der Waals surface area contributed by atoms with Gasteiger partial charge in [0, 0.05) is 18.3 Å². The second kappa shape index (κ2) is 8.10. The minimum atomic E-state index is -0.442. The first-order valence-electron chi connectivity index (χ1n) is 7.56. The van der Waals surface area contributed by atoms with Gasteiger partial charge >= 0.3 is 0 Å². The largest absolute Gasteiger partial charge is 0.494 e. The van der Waals surface area contributed by atoms with Gasteiger partial charge in [0.2, 0.25) is 11.8 Å². The highest BCUT2D eigenvalue weighted by molar-refractivity contribution is 6.01. The molecule has 0 saturated heterocycles. The normalized spacial score (nSPS) is 10.1. The molecular formula is C18H19FN2O3. The minimum Gasteiger partial charge on any atom is -0.494 e. The summed E-state index contributed by atoms with van der Waals surface area (Å²) in [5.74, 6) is -0.435. The van der Waals surface area contributed by atoms with Gasteiger partial charge in [0.25, 0.3) is 0 Å². The molecule has 0 fully saturated rings. The van der Waals surface area contributed by atoms with Crippen LogP contribution in [0.3, 0.4) is 0 Å². The summed E-state index contributed by atoms with van der Waals surface area (Å²) < 4.78 is 18.5. The summed E-state index contributed by atoms with van der Waals surface area (Å²) >= 11 is 0. The highest BCUT2D eigenvalue weighted by Crippen LogP contribution is 2.20. The topological polar surface area (TPSA) is 58.6 Å². The van der Waals surface area contributed by atoms with Crippen molar-refractivity contribution < 1.29 is 18.7 Å². The molecule has 5 nitrogen and oxygen atoms in total. The number of hydrogen-bond acceptors (Lipinski definition) is 3. The SMILES string of the molecule is CCOc1ccc(N(CC(=O)Nc2cccc(F)c2)C(C)=O)cc1. The maximum absolute atomic E-state index is 13.1. The summed E-state index contributed by atoms with van der Waals surface area (Å²) in [5, 5.41) is 2.57. The van der Waals surface area contributed by atoms with Crippen molar-refractivity contribution in [1.29, 1.82) is 0 Å². The molecule has 0 radical (unpaired) electrons. The Morgan fingerprint density at radius 1 is 1.17 bits per heavy atom. The predicted molar refractivity (Wildman–Crippen MR) is 90.7 cm³/mol. The standard InChI is InChI=1S/C18H19FN2O3/c1-3-24-17-9-7-16(8-10-17)21(13(2)22)12-18(23)20-15-6-4-5-14(19)11-15/h4-11H,3,12H2,1-2H3,(H,20,23). The molecule has 0 atom stereocenters. The summed E-state index contributed by atoms with van der Waals surface area (Å²) in [4.78, 5) is 25.3. The van der Waals surface area contributed by atoms with Crippen LogP contribution >= 0.6 is 0 Å². The van der Waals surface area contributed by atoms with Crippen molar-refractivity contribution in [2.24, 2.45) is 0 Å². The van der Waals surface area contributed by atoms with Crippen molar-refractivity contribution >= 4 is 23.2 Å². The molecule has 0 unspecified atom stereocenters. The van der Waals surface area contributed by atoms with E-state index in [1.807, 2.05) is 6.92 Å². The maximum atomic E-state index is 13.1. The van der Waals surface area contributed by atoms with Crippen LogP contribution in [0.15, 0.2) is 48.5 Å². The van der Waals surface area contributed by atoms with Gasteiger partial charge in [0.1, 0.15) is 18.1 Å². The van der Waals surface area contributed by atoms with Crippen LogP contribution in [0.2, 0.25) is 0 Å². The fraction of sp³-hybridized carbons (Fsp3) is 0.222. The van der Waals surface area contributed by atoms with Gasteiger partial charge in [-0.2, -0.15) is 0 Å². The Bertz CT molecular complexity index is 716. The molecule has 0 aromatic heterocycles. The van der Waals surface area contributed by atoms with Crippen molar-refractivity contribution in [3.63, 3.8) is 0 Å². The molecule has 0 aliphatic carbocycles. The van der Waals surface area contributed by atoms with Crippen LogP contribution < -0.4 is 15.0 Å². The summed E-state index contributed by atoms with van der Waals surface area (Å²) in [6.45, 7) is 3.64. The third kappa shape index (κ3) is 4.81. The average Bonchev–Trinajstić information content (AvgIpc) is 2.53. The molecule has 0 aliphatic rings. The second-order valence-electron chi connectivity index (χ2n) is 5.09. The Labute approximate surface area is 140 Å². The summed E-state index contributed by atoms with van der Waals surface area (Å²) in [6.07, 6.45) is 0. The molecule has 2 amide bonds. The molecule has 0 aliphatic heterocycles. The minimum absolute atomic E-state index is 0.167. The molecule has 1 N–H and O–H groups in total. The molecule has 2 rings (SSSR count). The Kier molecular flexibility index (Phi) is 5.89. The summed E-state index contributed by atoms with van der Waals surface area (Å²) in [6, 6.07) is 12.5. The number of amides is 2. The molecule has 0 bridgehead atoms. The first-order chi connectivity index (χ1) is 11.5. The van der Waals surface area contributed by atoms with E-state index in [-0.39, 0.29) is 12.5 Å². The second-order valence-corrected chi connectivity index (χ2v) is 5.09. The zero-order valence-electron chi connectivity index (χ0n) is 13.6. The quantitative estimate of drug-likeness (QED) is 0.885. The smallest absolute Gasteiger partial charge is 0.244 e. The molecule has 2 aromatic carbocycles. The van der Waals surface area contributed by atoms with E-state index >= 15 is 0 Å². The fourth-order valence-electron chi connectivity index (χ4n) is 2.18. The van der Waals surface area contributed by atoms with Crippen LogP contribution in [0.1, 0.15) is 13.8 Å². The van der Waals surface area contributed by atoms with Gasteiger partial charge in [-0.1, -0.05) is 6.07 Å². The van der Waals surface area contributed by atoms with E-state index in [0.717, 1.165) is 0 Å². The van der Waals surface area contributed by atoms with Gasteiger partial charge < -0.3 is 15.0 Å². The number of rotatable bonds is 6. The highest BCUT2D eigenvalue weighted by Gasteiger charge is 2.16. The summed E-state index contributed by atoms with van der Waals surface area (Å²) in [5.41, 5.74) is 0.926. The van der Waals surface area contributed by atoms with Crippen LogP contribution in [-0.2, 0) is 9.59 Å². The van der Waals surface area contributed by atoms with Gasteiger partial charge in [-0.05, 0) is 49.4 Å². The average molecular weight is 330 g/mol. The van der Waals surface area contributed by atoms with E-state index in [0.29, 0.717) is 23.7 Å². The maximum Gasteiger partial charge on any atom is 0.244 e. The number of carbonyl (C=O) groups is 2. The number of anilines is 2. The van der Waals surface area contributed by atoms with E-state index in [9.17, 15) is 14.0 Å². The van der Waals surface area contributed by atoms with Gasteiger partial charge in [-0.25, -0.2) is 4.39 Å². The number of benzene rings is 2. The molecule has 2 aromatic rings. The van der Waals surface area contributed by atoms with Crippen molar-refractivity contribution in [2.45, 2.75) is 13.8 Å². The number of hydrogen-bond donors (Lipinski definition) is 1. The lowest BCUT2D eigenvalue weighted by atomic mass is 10.2. The van der Waals surface area contributed by atoms with Crippen LogP contribution in [0, 0.1) is 5.82 Å². The zero-order valence-corrected chi connectivity index (χ0v) is 13.6. The third-order valence-electron chi connectivity index (χ3n) is 3.25. The first-order valence-corrected chi connectivity index (χ1v) is 7.56. The molecule has 0 heterocycles. The van der Waals surface area contributed by atoms with Crippen molar-refractivity contribution in [3.05, 3.63) is 54.3 Å². The van der Waals surface area contributed by atoms with Crippen LogP contribution in [0.5, 0.6) is 5.75 Å². The van der Waals surface area contributed by atoms with Gasteiger partial charge in [0.05, 0.1) is 6.61 Å². The third-order valence-corrected chi connectivity index (χ3v) is 3.25. The van der Waals surface area contributed by atoms with Gasteiger partial charge in [0.15, 0.2) is 0 Å². The lowest BCUT2D eigenvalue weighted by Crippen LogP contribution is -2.36. The number of ether oxygens (including phenoxy) is 1. The van der Waals surface area contributed by atoms with Crippen LogP contribution in [0.4, 0.5) is 15.8 Å². The highest BCUT2D eigenvalue weighted by atomic mass is 19.1. The van der Waals surface area contributed by atoms with E-state index < -0.39 is 11.7 Å². The van der Waals surface area contributed by atoms with Crippen molar-refractivity contribution in [2.75, 3.05) is 23.4 Å². The predicted octanol–water partition coefficient (Wildman–Crippen LogP) is 3.22. The molecule has 0 spiro atoms. The van der Waals surface area contributed by atoms with Gasteiger partial charge in [-0.15, -0.1) is 0 Å². The van der Waals surface area contributed by atoms with E-state index in [1.54, 1.807) is 30.3 Å². The summed E-state index contributed by atoms with van der Waals surface area (Å²) in [7, 11) is 0. The Morgan fingerprint density at radius 2 is 1.88 bits per heavy atom. The fourth-order valence-corrected chi connectivity index (χ4v) is 2.18. The van der Waals surface area contributed by atoms with E-state index in [2.05, 4.69) is 5.32 Å². The molecule has 6 heteroatoms. The number of halogens is 1. The van der Waals surface area contributed by atoms with Crippen molar-refractivity contribution in [1.82, 2.24) is 0 Å².